The minimum atomic E-state index is -1.43. The molecule has 1 fully saturated rings. The summed E-state index contributed by atoms with van der Waals surface area (Å²) in [6.07, 6.45) is 2.33. The van der Waals surface area contributed by atoms with E-state index in [0.29, 0.717) is 54.7 Å². The Morgan fingerprint density at radius 1 is 1.43 bits per heavy atom. The van der Waals surface area contributed by atoms with Gasteiger partial charge in [0.2, 0.25) is 0 Å². The quantitative estimate of drug-likeness (QED) is 0.647. The number of nitrogens with one attached hydrogen (secondary N) is 1. The molecule has 3 rings (SSSR count). The van der Waals surface area contributed by atoms with Crippen molar-refractivity contribution in [3.63, 3.8) is 0 Å². The van der Waals surface area contributed by atoms with E-state index in [4.69, 9.17) is 22.1 Å². The number of nitrogens with zero attached hydrogens (tertiary/aromatic N) is 2. The van der Waals surface area contributed by atoms with Crippen LogP contribution in [0.5, 0.6) is 0 Å². The highest BCUT2D eigenvalue weighted by molar-refractivity contribution is 6.35. The van der Waals surface area contributed by atoms with Gasteiger partial charge in [0.05, 0.1) is 34.9 Å². The summed E-state index contributed by atoms with van der Waals surface area (Å²) in [4.78, 5) is 19.3. The van der Waals surface area contributed by atoms with Gasteiger partial charge in [0.25, 0.3) is 5.91 Å². The molecule has 0 radical (unpaired) electrons. The number of ether oxygens (including phenoxy) is 1. The first-order chi connectivity index (χ1) is 14.1. The highest BCUT2D eigenvalue weighted by Crippen LogP contribution is 2.31. The van der Waals surface area contributed by atoms with Gasteiger partial charge in [0.1, 0.15) is 5.67 Å². The van der Waals surface area contributed by atoms with Crippen molar-refractivity contribution < 1.29 is 13.9 Å². The molecule has 3 N–H and O–H groups in total. The highest BCUT2D eigenvalue weighted by atomic mass is 35.5. The molecule has 0 aliphatic carbocycles. The lowest BCUT2D eigenvalue weighted by Gasteiger charge is -2.39. The van der Waals surface area contributed by atoms with Crippen molar-refractivity contribution in [1.82, 2.24) is 15.2 Å². The summed E-state index contributed by atoms with van der Waals surface area (Å²) in [5.74, 6) is -0.402. The lowest BCUT2D eigenvalue weighted by molar-refractivity contribution is 0.0209. The van der Waals surface area contributed by atoms with E-state index in [1.54, 1.807) is 25.4 Å². The third kappa shape index (κ3) is 5.20. The number of piperidine rings is 1. The number of likely N-dealkylation sites (tertiary alicyclic amines) is 1. The Balaban J connectivity index is 1.62. The number of pyridine rings is 1. The topological polar surface area (TPSA) is 80.5 Å². The van der Waals surface area contributed by atoms with E-state index < -0.39 is 11.6 Å². The lowest BCUT2D eigenvalue weighted by Crippen LogP contribution is -2.50. The number of carbonyl (C=O) groups is 1. The number of amides is 1. The number of alkyl halides is 1. The second kappa shape index (κ2) is 9.04. The zero-order valence-corrected chi connectivity index (χ0v) is 18.6. The highest BCUT2D eigenvalue weighted by Gasteiger charge is 2.36. The van der Waals surface area contributed by atoms with E-state index in [1.807, 2.05) is 0 Å². The van der Waals surface area contributed by atoms with Gasteiger partial charge >= 0.3 is 0 Å². The van der Waals surface area contributed by atoms with Gasteiger partial charge in [-0.2, -0.15) is 0 Å². The molecule has 6 nitrogen and oxygen atoms in total. The maximum Gasteiger partial charge on any atom is 0.253 e. The number of carbonyl (C=O) groups excluding carboxylic acids is 1. The van der Waals surface area contributed by atoms with Crippen molar-refractivity contribution in [2.24, 2.45) is 5.41 Å². The van der Waals surface area contributed by atoms with Crippen LogP contribution in [0.1, 0.15) is 37.0 Å². The first kappa shape index (κ1) is 22.7. The Kier molecular flexibility index (Phi) is 6.84. The Labute approximate surface area is 181 Å². The summed E-state index contributed by atoms with van der Waals surface area (Å²) in [5.41, 5.74) is 5.72. The van der Waals surface area contributed by atoms with Crippen molar-refractivity contribution in [2.45, 2.75) is 32.4 Å². The number of rotatable bonds is 7. The Bertz CT molecular complexity index is 913. The van der Waals surface area contributed by atoms with E-state index >= 15 is 4.39 Å². The summed E-state index contributed by atoms with van der Waals surface area (Å²) in [7, 11) is 1.69. The van der Waals surface area contributed by atoms with Crippen LogP contribution in [0, 0.1) is 5.41 Å². The van der Waals surface area contributed by atoms with Crippen molar-refractivity contribution in [1.29, 1.82) is 0 Å². The van der Waals surface area contributed by atoms with Crippen LogP contribution in [0.15, 0.2) is 24.4 Å². The molecule has 0 bridgehead atoms. The van der Waals surface area contributed by atoms with Crippen LogP contribution >= 0.6 is 11.6 Å². The van der Waals surface area contributed by atoms with Gasteiger partial charge in [-0.15, -0.1) is 0 Å². The summed E-state index contributed by atoms with van der Waals surface area (Å²) in [5, 5.41) is 3.63. The maximum absolute atomic E-state index is 15.3. The molecule has 1 aromatic heterocycles. The van der Waals surface area contributed by atoms with Gasteiger partial charge in [-0.1, -0.05) is 25.4 Å². The monoisotopic (exact) mass is 436 g/mol. The Morgan fingerprint density at radius 3 is 2.80 bits per heavy atom. The predicted molar refractivity (Wildman–Crippen MR) is 119 cm³/mol. The second-order valence-corrected chi connectivity index (χ2v) is 9.33. The van der Waals surface area contributed by atoms with Crippen LogP contribution < -0.4 is 11.1 Å². The fraction of sp³-hybridized carbons (Fsp3) is 0.545. The molecule has 8 heteroatoms. The van der Waals surface area contributed by atoms with Crippen molar-refractivity contribution in [3.05, 3.63) is 35.0 Å². The van der Waals surface area contributed by atoms with E-state index in [-0.39, 0.29) is 17.0 Å². The normalized spacial score (nSPS) is 17.2. The summed E-state index contributed by atoms with van der Waals surface area (Å²) >= 11 is 6.18. The predicted octanol–water partition coefficient (Wildman–Crippen LogP) is 3.68. The van der Waals surface area contributed by atoms with E-state index in [2.05, 4.69) is 29.0 Å². The molecule has 164 valence electrons. The number of methoxy groups -OCH3 is 1. The molecule has 0 spiro atoms. The zero-order valence-electron chi connectivity index (χ0n) is 17.8. The van der Waals surface area contributed by atoms with Gasteiger partial charge in [-0.05, 0) is 31.0 Å². The fourth-order valence-corrected chi connectivity index (χ4v) is 4.29. The first-order valence-corrected chi connectivity index (χ1v) is 10.5. The zero-order chi connectivity index (χ0) is 21.9. The van der Waals surface area contributed by atoms with Crippen LogP contribution in [0.3, 0.4) is 0 Å². The molecule has 1 amide bonds. The average molecular weight is 437 g/mol. The van der Waals surface area contributed by atoms with Crippen molar-refractivity contribution >= 4 is 34.1 Å². The van der Waals surface area contributed by atoms with Gasteiger partial charge in [0.15, 0.2) is 0 Å². The third-order valence-electron chi connectivity index (χ3n) is 5.63. The average Bonchev–Trinajstić information content (AvgIpc) is 2.71. The lowest BCUT2D eigenvalue weighted by atomic mass is 9.89. The van der Waals surface area contributed by atoms with Crippen LogP contribution in [0.4, 0.5) is 10.1 Å². The molecule has 2 heterocycles. The molecule has 1 saturated heterocycles. The Hall–Kier alpha value is -1.96. The number of hydrogen-bond donors (Lipinski definition) is 2. The maximum atomic E-state index is 15.3. The molecular weight excluding hydrogens is 407 g/mol. The molecule has 30 heavy (non-hydrogen) atoms. The summed E-state index contributed by atoms with van der Waals surface area (Å²) < 4.78 is 20.6. The molecule has 0 saturated carbocycles. The Morgan fingerprint density at radius 2 is 2.13 bits per heavy atom. The van der Waals surface area contributed by atoms with E-state index in [9.17, 15) is 4.79 Å². The SMILES string of the molecule is COCC(C)(C)CN1CCC(F)(CNC(=O)c2cc(Cl)c(N)c3cccnc23)CC1. The first-order valence-electron chi connectivity index (χ1n) is 10.2. The number of hydrogen-bond acceptors (Lipinski definition) is 5. The van der Waals surface area contributed by atoms with Crippen molar-refractivity contribution in [3.8, 4) is 0 Å². The molecule has 0 unspecified atom stereocenters. The summed E-state index contributed by atoms with van der Waals surface area (Å²) in [6, 6.07) is 4.99. The standard InChI is InChI=1S/C22H30ClFN4O2/c1-21(2,14-30-3)13-28-9-6-22(24,7-10-28)12-27-20(29)16-11-17(23)18(25)15-5-4-8-26-19(15)16/h4-5,8,11H,6-7,9-10,12-14,25H2,1-3H3,(H,27,29). The van der Waals surface area contributed by atoms with E-state index in [0.717, 1.165) is 6.54 Å². The minimum Gasteiger partial charge on any atom is -0.397 e. The van der Waals surface area contributed by atoms with Gasteiger partial charge in [-0.3, -0.25) is 9.78 Å². The number of fused-ring (bicyclic) bond motifs is 1. The van der Waals surface area contributed by atoms with Crippen LogP contribution in [0.25, 0.3) is 10.9 Å². The number of nitrogen functional groups attached to an aromatic ring is 1. The van der Waals surface area contributed by atoms with Gasteiger partial charge in [-0.25, -0.2) is 4.39 Å². The number of benzene rings is 1. The van der Waals surface area contributed by atoms with Crippen LogP contribution in [-0.4, -0.2) is 61.4 Å². The van der Waals surface area contributed by atoms with Crippen molar-refractivity contribution in [2.75, 3.05) is 45.6 Å². The third-order valence-corrected chi connectivity index (χ3v) is 5.94. The number of nitrogens with two attached hydrogens (primary N) is 1. The van der Waals surface area contributed by atoms with Crippen LogP contribution in [0.2, 0.25) is 5.02 Å². The fourth-order valence-electron chi connectivity index (χ4n) is 4.08. The van der Waals surface area contributed by atoms with Gasteiger partial charge < -0.3 is 20.7 Å². The molecule has 1 aromatic carbocycles. The largest absolute Gasteiger partial charge is 0.397 e. The molecule has 2 aromatic rings. The molecule has 1 aliphatic rings. The minimum absolute atomic E-state index is 0.0156. The smallest absolute Gasteiger partial charge is 0.253 e. The molecule has 1 aliphatic heterocycles. The van der Waals surface area contributed by atoms with Crippen LogP contribution in [-0.2, 0) is 4.74 Å². The van der Waals surface area contributed by atoms with E-state index in [1.165, 1.54) is 6.07 Å². The molecule has 0 atom stereocenters. The summed E-state index contributed by atoms with van der Waals surface area (Å²) in [6.45, 7) is 7.05. The van der Waals surface area contributed by atoms with Gasteiger partial charge in [0, 0.05) is 43.7 Å². The molecular formula is C22H30ClFN4O2. The number of anilines is 1. The number of halogens is 2. The second-order valence-electron chi connectivity index (χ2n) is 8.93. The number of aromatic nitrogens is 1.